The third kappa shape index (κ3) is 4.20. The van der Waals surface area contributed by atoms with Crippen LogP contribution in [0.5, 0.6) is 0 Å². The summed E-state index contributed by atoms with van der Waals surface area (Å²) < 4.78 is 5.53. The summed E-state index contributed by atoms with van der Waals surface area (Å²) in [4.78, 5) is 0. The molecule has 6 heteroatoms. The van der Waals surface area contributed by atoms with Gasteiger partial charge in [-0.3, -0.25) is 0 Å². The Morgan fingerprint density at radius 1 is 1.35 bits per heavy atom. The van der Waals surface area contributed by atoms with Crippen LogP contribution in [0.25, 0.3) is 0 Å². The van der Waals surface area contributed by atoms with E-state index in [4.69, 9.17) is 4.42 Å². The number of rotatable bonds is 5. The first-order valence-corrected chi connectivity index (χ1v) is 7.29. The Labute approximate surface area is 106 Å². The number of thioether (sulfide) groups is 1. The maximum atomic E-state index is 5.53. The van der Waals surface area contributed by atoms with E-state index in [1.807, 2.05) is 11.8 Å². The highest BCUT2D eigenvalue weighted by molar-refractivity contribution is 7.99. The summed E-state index contributed by atoms with van der Waals surface area (Å²) >= 11 is 2.01. The van der Waals surface area contributed by atoms with Crippen molar-refractivity contribution in [1.29, 1.82) is 0 Å². The van der Waals surface area contributed by atoms with Crippen molar-refractivity contribution in [2.75, 3.05) is 16.8 Å². The number of hydrogen-bond acceptors (Lipinski definition) is 6. The fraction of sp³-hybridized carbons (Fsp3) is 0.818. The molecule has 0 amide bonds. The van der Waals surface area contributed by atoms with Gasteiger partial charge in [0, 0.05) is 12.1 Å². The van der Waals surface area contributed by atoms with Gasteiger partial charge in [-0.1, -0.05) is 18.9 Å². The molecule has 1 fully saturated rings. The van der Waals surface area contributed by atoms with Gasteiger partial charge in [0.1, 0.15) is 0 Å². The van der Waals surface area contributed by atoms with Crippen molar-refractivity contribution in [3.63, 3.8) is 0 Å². The number of aromatic nitrogens is 2. The van der Waals surface area contributed by atoms with Crippen molar-refractivity contribution in [2.24, 2.45) is 0 Å². The van der Waals surface area contributed by atoms with E-state index in [-0.39, 0.29) is 0 Å². The number of nitrogens with zero attached hydrogens (tertiary/aromatic N) is 2. The third-order valence-electron chi connectivity index (χ3n) is 2.68. The quantitative estimate of drug-likeness (QED) is 0.838. The highest BCUT2D eigenvalue weighted by Gasteiger charge is 2.16. The molecule has 5 nitrogen and oxygen atoms in total. The number of nitrogens with one attached hydrogen (secondary N) is 2. The molecular formula is C11H20N4OS. The molecule has 1 aliphatic rings. The van der Waals surface area contributed by atoms with Gasteiger partial charge < -0.3 is 15.1 Å². The van der Waals surface area contributed by atoms with Gasteiger partial charge in [0.2, 0.25) is 5.89 Å². The Balaban J connectivity index is 1.80. The second kappa shape index (κ2) is 6.26. The van der Waals surface area contributed by atoms with Crippen LogP contribution in [0.4, 0.5) is 6.01 Å². The lowest BCUT2D eigenvalue weighted by atomic mass is 10.2. The van der Waals surface area contributed by atoms with E-state index < -0.39 is 0 Å². The molecule has 1 aromatic rings. The Morgan fingerprint density at radius 3 is 2.82 bits per heavy atom. The predicted molar refractivity (Wildman–Crippen MR) is 70.2 cm³/mol. The molecule has 0 unspecified atom stereocenters. The molecule has 0 spiro atoms. The molecular weight excluding hydrogens is 236 g/mol. The molecule has 1 aromatic heterocycles. The van der Waals surface area contributed by atoms with E-state index >= 15 is 0 Å². The fourth-order valence-corrected chi connectivity index (χ4v) is 2.80. The lowest BCUT2D eigenvalue weighted by Gasteiger charge is -2.21. The van der Waals surface area contributed by atoms with E-state index in [0.717, 1.165) is 0 Å². The average molecular weight is 256 g/mol. The van der Waals surface area contributed by atoms with Crippen LogP contribution in [0.2, 0.25) is 0 Å². The maximum absolute atomic E-state index is 5.53. The fourth-order valence-electron chi connectivity index (χ4n) is 1.69. The highest BCUT2D eigenvalue weighted by Crippen LogP contribution is 2.20. The van der Waals surface area contributed by atoms with Crippen LogP contribution in [0.3, 0.4) is 0 Å². The van der Waals surface area contributed by atoms with Crippen molar-refractivity contribution in [3.8, 4) is 0 Å². The molecule has 17 heavy (non-hydrogen) atoms. The zero-order valence-electron chi connectivity index (χ0n) is 10.4. The largest absolute Gasteiger partial charge is 0.407 e. The zero-order chi connectivity index (χ0) is 12.1. The first kappa shape index (κ1) is 12.7. The Hall–Kier alpha value is -0.750. The summed E-state index contributed by atoms with van der Waals surface area (Å²) in [6.07, 6.45) is 2.35. The molecule has 2 N–H and O–H groups in total. The summed E-state index contributed by atoms with van der Waals surface area (Å²) in [5.41, 5.74) is 0. The molecule has 1 aliphatic heterocycles. The molecule has 96 valence electrons. The molecule has 0 radical (unpaired) electrons. The monoisotopic (exact) mass is 256 g/mol. The minimum Gasteiger partial charge on any atom is -0.407 e. The van der Waals surface area contributed by atoms with Crippen LogP contribution in [-0.4, -0.2) is 33.8 Å². The molecule has 1 saturated heterocycles. The van der Waals surface area contributed by atoms with Gasteiger partial charge in [-0.15, -0.1) is 5.10 Å². The van der Waals surface area contributed by atoms with Gasteiger partial charge in [0.05, 0.1) is 6.54 Å². The normalized spacial score (nSPS) is 17.6. The summed E-state index contributed by atoms with van der Waals surface area (Å²) in [5.74, 6) is 3.08. The summed E-state index contributed by atoms with van der Waals surface area (Å²) in [6, 6.07) is 1.47. The average Bonchev–Trinajstić information content (AvgIpc) is 2.75. The van der Waals surface area contributed by atoms with Gasteiger partial charge in [0.25, 0.3) is 0 Å². The lowest BCUT2D eigenvalue weighted by Crippen LogP contribution is -2.24. The SMILES string of the molecule is CC(C)NCc1nnc(NC2CCSCC2)o1. The second-order valence-corrected chi connectivity index (χ2v) is 5.79. The smallest absolute Gasteiger partial charge is 0.315 e. The summed E-state index contributed by atoms with van der Waals surface area (Å²) in [7, 11) is 0. The van der Waals surface area contributed by atoms with Gasteiger partial charge in [0.15, 0.2) is 0 Å². The van der Waals surface area contributed by atoms with Crippen molar-refractivity contribution >= 4 is 17.8 Å². The molecule has 2 heterocycles. The van der Waals surface area contributed by atoms with Crippen LogP contribution in [0, 0.1) is 0 Å². The minimum absolute atomic E-state index is 0.425. The zero-order valence-corrected chi connectivity index (χ0v) is 11.2. The molecule has 0 aliphatic carbocycles. The second-order valence-electron chi connectivity index (χ2n) is 4.57. The van der Waals surface area contributed by atoms with Gasteiger partial charge in [-0.2, -0.15) is 11.8 Å². The van der Waals surface area contributed by atoms with Crippen LogP contribution >= 0.6 is 11.8 Å². The van der Waals surface area contributed by atoms with Crippen molar-refractivity contribution in [1.82, 2.24) is 15.5 Å². The Kier molecular flexibility index (Phi) is 4.67. The third-order valence-corrected chi connectivity index (χ3v) is 3.73. The Morgan fingerprint density at radius 2 is 2.12 bits per heavy atom. The topological polar surface area (TPSA) is 63.0 Å². The first-order valence-electron chi connectivity index (χ1n) is 6.14. The van der Waals surface area contributed by atoms with E-state index in [9.17, 15) is 0 Å². The minimum atomic E-state index is 0.425. The molecule has 2 rings (SSSR count). The van der Waals surface area contributed by atoms with Crippen LogP contribution < -0.4 is 10.6 Å². The van der Waals surface area contributed by atoms with Crippen molar-refractivity contribution in [3.05, 3.63) is 5.89 Å². The van der Waals surface area contributed by atoms with E-state index in [2.05, 4.69) is 34.7 Å². The Bertz CT molecular complexity index is 336. The molecule has 0 atom stereocenters. The summed E-state index contributed by atoms with van der Waals surface area (Å²) in [6.45, 7) is 4.82. The van der Waals surface area contributed by atoms with Gasteiger partial charge >= 0.3 is 6.01 Å². The highest BCUT2D eigenvalue weighted by atomic mass is 32.2. The van der Waals surface area contributed by atoms with Gasteiger partial charge in [-0.05, 0) is 24.3 Å². The standard InChI is InChI=1S/C11H20N4OS/c1-8(2)12-7-10-14-15-11(16-10)13-9-3-5-17-6-4-9/h8-9,12H,3-7H2,1-2H3,(H,13,15). The first-order chi connectivity index (χ1) is 8.24. The number of anilines is 1. The molecule has 0 aromatic carbocycles. The van der Waals surface area contributed by atoms with Crippen LogP contribution in [-0.2, 0) is 6.54 Å². The summed E-state index contributed by atoms with van der Waals surface area (Å²) in [5, 5.41) is 14.6. The van der Waals surface area contributed by atoms with E-state index in [1.54, 1.807) is 0 Å². The van der Waals surface area contributed by atoms with Crippen molar-refractivity contribution in [2.45, 2.75) is 45.3 Å². The molecule has 0 saturated carbocycles. The maximum Gasteiger partial charge on any atom is 0.315 e. The predicted octanol–water partition coefficient (Wildman–Crippen LogP) is 1.88. The van der Waals surface area contributed by atoms with E-state index in [0.29, 0.717) is 30.5 Å². The van der Waals surface area contributed by atoms with Gasteiger partial charge in [-0.25, -0.2) is 0 Å². The van der Waals surface area contributed by atoms with Crippen molar-refractivity contribution < 1.29 is 4.42 Å². The van der Waals surface area contributed by atoms with E-state index in [1.165, 1.54) is 24.3 Å². The van der Waals surface area contributed by atoms with Crippen LogP contribution in [0.1, 0.15) is 32.6 Å². The number of hydrogen-bond donors (Lipinski definition) is 2. The van der Waals surface area contributed by atoms with Crippen LogP contribution in [0.15, 0.2) is 4.42 Å². The lowest BCUT2D eigenvalue weighted by molar-refractivity contribution is 0.453. The molecule has 0 bridgehead atoms.